The van der Waals surface area contributed by atoms with Gasteiger partial charge in [0.15, 0.2) is 5.82 Å². The standard InChI is InChI=1S/C12H16N4O3S/c1-8-3-4-11(5-10(8)6-13)20(17,18)14-7-12-15-9(2)19-16-12/h3-5,14H,6-7,13H2,1-2H3. The van der Waals surface area contributed by atoms with Gasteiger partial charge in [0.05, 0.1) is 11.4 Å². The molecule has 1 aromatic heterocycles. The van der Waals surface area contributed by atoms with Crippen molar-refractivity contribution in [2.45, 2.75) is 31.8 Å². The first-order valence-electron chi connectivity index (χ1n) is 6.01. The highest BCUT2D eigenvalue weighted by Gasteiger charge is 2.16. The lowest BCUT2D eigenvalue weighted by molar-refractivity contribution is 0.387. The predicted molar refractivity (Wildman–Crippen MR) is 72.1 cm³/mol. The number of hydrogen-bond acceptors (Lipinski definition) is 6. The smallest absolute Gasteiger partial charge is 0.240 e. The van der Waals surface area contributed by atoms with E-state index >= 15 is 0 Å². The number of hydrogen-bond donors (Lipinski definition) is 2. The van der Waals surface area contributed by atoms with Crippen LogP contribution in [0.25, 0.3) is 0 Å². The number of rotatable bonds is 5. The van der Waals surface area contributed by atoms with Crippen molar-refractivity contribution in [1.82, 2.24) is 14.9 Å². The van der Waals surface area contributed by atoms with Gasteiger partial charge in [-0.1, -0.05) is 11.2 Å². The van der Waals surface area contributed by atoms with Gasteiger partial charge in [0, 0.05) is 13.5 Å². The minimum absolute atomic E-state index is 0.0223. The molecular weight excluding hydrogens is 280 g/mol. The number of benzene rings is 1. The summed E-state index contributed by atoms with van der Waals surface area (Å²) in [6.45, 7) is 3.79. The van der Waals surface area contributed by atoms with E-state index in [1.807, 2.05) is 6.92 Å². The van der Waals surface area contributed by atoms with Crippen LogP contribution in [0.15, 0.2) is 27.6 Å². The van der Waals surface area contributed by atoms with Crippen LogP contribution in [0.5, 0.6) is 0 Å². The second kappa shape index (κ2) is 5.70. The van der Waals surface area contributed by atoms with Crippen LogP contribution in [0.4, 0.5) is 0 Å². The lowest BCUT2D eigenvalue weighted by Gasteiger charge is -2.08. The average Bonchev–Trinajstić information content (AvgIpc) is 2.83. The molecule has 0 fully saturated rings. The van der Waals surface area contributed by atoms with E-state index in [1.165, 1.54) is 6.07 Å². The molecule has 20 heavy (non-hydrogen) atoms. The first kappa shape index (κ1) is 14.6. The fourth-order valence-corrected chi connectivity index (χ4v) is 2.72. The Bertz CT molecular complexity index is 709. The summed E-state index contributed by atoms with van der Waals surface area (Å²) in [7, 11) is -3.63. The maximum absolute atomic E-state index is 12.2. The number of nitrogens with zero attached hydrogens (tertiary/aromatic N) is 2. The zero-order valence-corrected chi connectivity index (χ0v) is 12.1. The fourth-order valence-electron chi connectivity index (χ4n) is 1.69. The third-order valence-corrected chi connectivity index (χ3v) is 4.24. The van der Waals surface area contributed by atoms with Crippen LogP contribution in [-0.2, 0) is 23.1 Å². The van der Waals surface area contributed by atoms with E-state index in [0.29, 0.717) is 12.4 Å². The molecule has 0 bridgehead atoms. The number of aryl methyl sites for hydroxylation is 2. The Balaban J connectivity index is 2.17. The van der Waals surface area contributed by atoms with Crippen LogP contribution < -0.4 is 10.5 Å². The van der Waals surface area contributed by atoms with Crippen molar-refractivity contribution in [3.05, 3.63) is 41.0 Å². The van der Waals surface area contributed by atoms with Crippen molar-refractivity contribution in [2.75, 3.05) is 0 Å². The highest BCUT2D eigenvalue weighted by Crippen LogP contribution is 2.15. The van der Waals surface area contributed by atoms with Crippen molar-refractivity contribution in [3.8, 4) is 0 Å². The van der Waals surface area contributed by atoms with Gasteiger partial charge >= 0.3 is 0 Å². The first-order chi connectivity index (χ1) is 9.42. The number of nitrogens with two attached hydrogens (primary N) is 1. The molecule has 2 aromatic rings. The molecule has 7 nitrogen and oxygen atoms in total. The summed E-state index contributed by atoms with van der Waals surface area (Å²) in [4.78, 5) is 4.10. The van der Waals surface area contributed by atoms with Crippen molar-refractivity contribution < 1.29 is 12.9 Å². The third-order valence-electron chi connectivity index (χ3n) is 2.84. The Kier molecular flexibility index (Phi) is 4.17. The zero-order valence-electron chi connectivity index (χ0n) is 11.3. The Morgan fingerprint density at radius 1 is 1.35 bits per heavy atom. The Hall–Kier alpha value is -1.77. The summed E-state index contributed by atoms with van der Waals surface area (Å²) in [6, 6.07) is 4.84. The molecule has 1 aromatic carbocycles. The van der Waals surface area contributed by atoms with Gasteiger partial charge in [0.2, 0.25) is 15.9 Å². The molecule has 108 valence electrons. The van der Waals surface area contributed by atoms with Gasteiger partial charge < -0.3 is 10.3 Å². The minimum atomic E-state index is -3.63. The van der Waals surface area contributed by atoms with Gasteiger partial charge in [-0.2, -0.15) is 4.98 Å². The number of aromatic nitrogens is 2. The Morgan fingerprint density at radius 3 is 2.70 bits per heavy atom. The van der Waals surface area contributed by atoms with Crippen molar-refractivity contribution in [1.29, 1.82) is 0 Å². The maximum Gasteiger partial charge on any atom is 0.240 e. The van der Waals surface area contributed by atoms with Crippen molar-refractivity contribution in [2.24, 2.45) is 5.73 Å². The summed E-state index contributed by atoms with van der Waals surface area (Å²) >= 11 is 0. The van der Waals surface area contributed by atoms with Crippen LogP contribution in [-0.4, -0.2) is 18.6 Å². The summed E-state index contributed by atoms with van der Waals surface area (Å²) in [5.41, 5.74) is 7.34. The van der Waals surface area contributed by atoms with E-state index in [-0.39, 0.29) is 17.3 Å². The molecule has 0 aliphatic rings. The summed E-state index contributed by atoms with van der Waals surface area (Å²) < 4.78 is 31.5. The molecule has 2 rings (SSSR count). The van der Waals surface area contributed by atoms with Crippen LogP contribution in [0.1, 0.15) is 22.8 Å². The molecule has 0 amide bonds. The largest absolute Gasteiger partial charge is 0.340 e. The summed E-state index contributed by atoms with van der Waals surface area (Å²) in [6.07, 6.45) is 0. The van der Waals surface area contributed by atoms with Gasteiger partial charge in [0.25, 0.3) is 0 Å². The molecule has 0 spiro atoms. The highest BCUT2D eigenvalue weighted by atomic mass is 32.2. The molecule has 0 unspecified atom stereocenters. The van der Waals surface area contributed by atoms with E-state index in [4.69, 9.17) is 10.3 Å². The van der Waals surface area contributed by atoms with Gasteiger partial charge in [0.1, 0.15) is 0 Å². The Morgan fingerprint density at radius 2 is 2.10 bits per heavy atom. The molecule has 0 radical (unpaired) electrons. The molecule has 3 N–H and O–H groups in total. The third kappa shape index (κ3) is 3.21. The van der Waals surface area contributed by atoms with E-state index in [9.17, 15) is 8.42 Å². The summed E-state index contributed by atoms with van der Waals surface area (Å²) in [5.74, 6) is 0.678. The van der Waals surface area contributed by atoms with Crippen molar-refractivity contribution in [3.63, 3.8) is 0 Å². The van der Waals surface area contributed by atoms with E-state index in [2.05, 4.69) is 14.9 Å². The van der Waals surface area contributed by atoms with E-state index < -0.39 is 10.0 Å². The molecule has 0 aliphatic heterocycles. The normalized spacial score (nSPS) is 11.8. The molecule has 0 atom stereocenters. The predicted octanol–water partition coefficient (Wildman–Crippen LogP) is 0.624. The molecule has 0 aliphatic carbocycles. The molecule has 0 saturated carbocycles. The molecular formula is C12H16N4O3S. The Labute approximate surface area is 117 Å². The molecule has 0 saturated heterocycles. The topological polar surface area (TPSA) is 111 Å². The maximum atomic E-state index is 12.2. The monoisotopic (exact) mass is 296 g/mol. The molecule has 8 heteroatoms. The van der Waals surface area contributed by atoms with Crippen LogP contribution in [0.2, 0.25) is 0 Å². The van der Waals surface area contributed by atoms with Gasteiger partial charge in [-0.05, 0) is 30.2 Å². The lowest BCUT2D eigenvalue weighted by Crippen LogP contribution is -2.24. The van der Waals surface area contributed by atoms with Crippen LogP contribution in [0, 0.1) is 13.8 Å². The SMILES string of the molecule is Cc1nc(CNS(=O)(=O)c2ccc(C)c(CN)c2)no1. The summed E-state index contributed by atoms with van der Waals surface area (Å²) in [5, 5.41) is 3.63. The van der Waals surface area contributed by atoms with E-state index in [0.717, 1.165) is 11.1 Å². The first-order valence-corrected chi connectivity index (χ1v) is 7.49. The second-order valence-electron chi connectivity index (χ2n) is 4.35. The van der Waals surface area contributed by atoms with Crippen molar-refractivity contribution >= 4 is 10.0 Å². The number of sulfonamides is 1. The highest BCUT2D eigenvalue weighted by molar-refractivity contribution is 7.89. The van der Waals surface area contributed by atoms with Gasteiger partial charge in [-0.15, -0.1) is 0 Å². The van der Waals surface area contributed by atoms with Crippen LogP contribution >= 0.6 is 0 Å². The molecule has 1 heterocycles. The van der Waals surface area contributed by atoms with Gasteiger partial charge in [-0.25, -0.2) is 13.1 Å². The van der Waals surface area contributed by atoms with Crippen LogP contribution in [0.3, 0.4) is 0 Å². The minimum Gasteiger partial charge on any atom is -0.340 e. The average molecular weight is 296 g/mol. The van der Waals surface area contributed by atoms with E-state index in [1.54, 1.807) is 19.1 Å². The zero-order chi connectivity index (χ0) is 14.8. The second-order valence-corrected chi connectivity index (χ2v) is 6.11. The van der Waals surface area contributed by atoms with Gasteiger partial charge in [-0.3, -0.25) is 0 Å². The quantitative estimate of drug-likeness (QED) is 0.837. The lowest BCUT2D eigenvalue weighted by atomic mass is 10.1. The number of nitrogens with one attached hydrogen (secondary N) is 1. The fraction of sp³-hybridized carbons (Fsp3) is 0.333.